The molecule has 0 saturated carbocycles. The Balaban J connectivity index is 0. The van der Waals surface area contributed by atoms with Crippen LogP contribution in [0, 0.1) is 20.5 Å². The molecule has 0 aliphatic heterocycles. The molecule has 0 aliphatic carbocycles. The minimum atomic E-state index is 0. The van der Waals surface area contributed by atoms with E-state index in [1.165, 1.54) is 12.0 Å². The fourth-order valence-corrected chi connectivity index (χ4v) is 2.95. The first-order valence-corrected chi connectivity index (χ1v) is 7.64. The van der Waals surface area contributed by atoms with Crippen LogP contribution in [-0.2, 0) is 0 Å². The van der Waals surface area contributed by atoms with E-state index < -0.39 is 0 Å². The van der Waals surface area contributed by atoms with E-state index in [0.29, 0.717) is 0 Å². The van der Waals surface area contributed by atoms with Crippen molar-refractivity contribution in [2.75, 3.05) is 0 Å². The molecule has 2 aromatic heterocycles. The zero-order valence-corrected chi connectivity index (χ0v) is 15.2. The summed E-state index contributed by atoms with van der Waals surface area (Å²) >= 11 is 2.23. The molecular weight excluding hydrogens is 361 g/mol. The Hall–Kier alpha value is 0.960. The van der Waals surface area contributed by atoms with E-state index in [4.69, 9.17) is 0 Å². The van der Waals surface area contributed by atoms with E-state index in [1.807, 2.05) is 30.8 Å². The Morgan fingerprint density at radius 3 is 2.62 bits per heavy atom. The molecule has 6 heteroatoms. The summed E-state index contributed by atoms with van der Waals surface area (Å²) in [7, 11) is 1.61. The topological polar surface area (TPSA) is 30.7 Å². The summed E-state index contributed by atoms with van der Waals surface area (Å²) < 4.78 is 2.05. The Morgan fingerprint density at radius 1 is 1.44 bits per heavy atom. The SMILES string of the molecule is CC.Cc1cc2[c-]ncnc2n1SI.[CH3-].[Ca+2]. The smallest absolute Gasteiger partial charge is 0.358 e. The summed E-state index contributed by atoms with van der Waals surface area (Å²) in [5, 5.41) is 0.971. The summed E-state index contributed by atoms with van der Waals surface area (Å²) in [6.45, 7) is 6.04. The molecule has 0 atom stereocenters. The van der Waals surface area contributed by atoms with Crippen LogP contribution in [0.3, 0.4) is 0 Å². The van der Waals surface area contributed by atoms with Crippen LogP contribution in [0.4, 0.5) is 0 Å². The molecule has 0 aliphatic rings. The van der Waals surface area contributed by atoms with Gasteiger partial charge in [0.05, 0.1) is 5.65 Å². The van der Waals surface area contributed by atoms with Gasteiger partial charge in [0, 0.05) is 36.7 Å². The molecule has 84 valence electrons. The zero-order chi connectivity index (χ0) is 10.6. The van der Waals surface area contributed by atoms with Gasteiger partial charge in [0.1, 0.15) is 0 Å². The second-order valence-electron chi connectivity index (χ2n) is 2.37. The maximum atomic E-state index is 4.17. The maximum absolute atomic E-state index is 4.17. The van der Waals surface area contributed by atoms with Crippen LogP contribution in [0.1, 0.15) is 19.5 Å². The third-order valence-corrected chi connectivity index (χ3v) is 3.38. The molecule has 0 N–H and O–H groups in total. The van der Waals surface area contributed by atoms with Gasteiger partial charge in [0.15, 0.2) is 0 Å². The Kier molecular flexibility index (Phi) is 12.0. The fraction of sp³-hybridized carbons (Fsp3) is 0.300. The summed E-state index contributed by atoms with van der Waals surface area (Å²) in [4.78, 5) is 8.01. The minimum Gasteiger partial charge on any atom is -0.358 e. The Labute approximate surface area is 144 Å². The summed E-state index contributed by atoms with van der Waals surface area (Å²) in [5.41, 5.74) is 2.10. The molecule has 2 aromatic rings. The first kappa shape index (κ1) is 19.3. The van der Waals surface area contributed by atoms with Crippen molar-refractivity contribution in [1.29, 1.82) is 0 Å². The maximum Gasteiger partial charge on any atom is 2.00 e. The molecule has 16 heavy (non-hydrogen) atoms. The van der Waals surface area contributed by atoms with E-state index in [-0.39, 0.29) is 45.2 Å². The van der Waals surface area contributed by atoms with Crippen LogP contribution < -0.4 is 0 Å². The van der Waals surface area contributed by atoms with Crippen molar-refractivity contribution in [2.24, 2.45) is 0 Å². The van der Waals surface area contributed by atoms with Crippen molar-refractivity contribution in [2.45, 2.75) is 20.8 Å². The average molecular weight is 375 g/mol. The van der Waals surface area contributed by atoms with Gasteiger partial charge in [0.2, 0.25) is 0 Å². The van der Waals surface area contributed by atoms with Crippen LogP contribution in [-0.4, -0.2) is 51.7 Å². The largest absolute Gasteiger partial charge is 2.00 e. The van der Waals surface area contributed by atoms with Gasteiger partial charge in [-0.15, -0.1) is 6.07 Å². The van der Waals surface area contributed by atoms with Gasteiger partial charge in [-0.3, -0.25) is 0 Å². The van der Waals surface area contributed by atoms with Crippen LogP contribution in [0.2, 0.25) is 0 Å². The monoisotopic (exact) mass is 375 g/mol. The Bertz CT molecular complexity index is 419. The molecular formula is C10H14CaIN3S. The first-order valence-electron chi connectivity index (χ1n) is 4.33. The van der Waals surface area contributed by atoms with Crippen LogP contribution in [0.25, 0.3) is 11.0 Å². The number of fused-ring (bicyclic) bond motifs is 1. The van der Waals surface area contributed by atoms with Gasteiger partial charge in [-0.1, -0.05) is 19.2 Å². The van der Waals surface area contributed by atoms with E-state index >= 15 is 0 Å². The third kappa shape index (κ3) is 4.33. The number of aromatic nitrogens is 3. The van der Waals surface area contributed by atoms with Crippen LogP contribution in [0.5, 0.6) is 0 Å². The van der Waals surface area contributed by atoms with E-state index in [9.17, 15) is 0 Å². The predicted molar refractivity (Wildman–Crippen MR) is 81.6 cm³/mol. The van der Waals surface area contributed by atoms with Crippen molar-refractivity contribution in [3.8, 4) is 0 Å². The molecule has 0 radical (unpaired) electrons. The van der Waals surface area contributed by atoms with Crippen molar-refractivity contribution < 1.29 is 0 Å². The van der Waals surface area contributed by atoms with Crippen molar-refractivity contribution in [3.63, 3.8) is 0 Å². The van der Waals surface area contributed by atoms with Gasteiger partial charge in [-0.05, 0) is 18.8 Å². The third-order valence-electron chi connectivity index (χ3n) is 1.60. The standard InChI is InChI=1S/C7H5IN3S.C2H6.CH3.Ca/c1-5-2-6-3-9-4-10-7(6)11(5)12-8;1-2;;/h2,4H,1H3;1-2H3;1H3;/q-1;;-1;+2. The van der Waals surface area contributed by atoms with Gasteiger partial charge >= 0.3 is 37.7 Å². The summed E-state index contributed by atoms with van der Waals surface area (Å²) in [6.07, 6.45) is 4.42. The van der Waals surface area contributed by atoms with Gasteiger partial charge in [-0.25, -0.2) is 0 Å². The van der Waals surface area contributed by atoms with Crippen molar-refractivity contribution in [3.05, 3.63) is 31.7 Å². The number of halogens is 1. The number of hydrogen-bond donors (Lipinski definition) is 0. The quantitative estimate of drug-likeness (QED) is 0.434. The molecule has 0 fully saturated rings. The molecule has 3 nitrogen and oxygen atoms in total. The number of aryl methyl sites for hydroxylation is 1. The number of nitrogens with zero attached hydrogens (tertiary/aromatic N) is 3. The van der Waals surface area contributed by atoms with Gasteiger partial charge in [0.25, 0.3) is 0 Å². The molecule has 0 saturated heterocycles. The van der Waals surface area contributed by atoms with Gasteiger partial charge < -0.3 is 21.4 Å². The van der Waals surface area contributed by atoms with Crippen LogP contribution >= 0.6 is 30.3 Å². The normalized spacial score (nSPS) is 8.50. The molecule has 0 bridgehead atoms. The van der Waals surface area contributed by atoms with Crippen molar-refractivity contribution in [1.82, 2.24) is 13.9 Å². The molecule has 2 heterocycles. The molecule has 0 amide bonds. The molecule has 2 rings (SSSR count). The van der Waals surface area contributed by atoms with E-state index in [1.54, 1.807) is 9.12 Å². The summed E-state index contributed by atoms with van der Waals surface area (Å²) in [6, 6.07) is 2.03. The van der Waals surface area contributed by atoms with Crippen LogP contribution in [0.15, 0.2) is 12.4 Å². The molecule has 0 spiro atoms. The average Bonchev–Trinajstić information content (AvgIpc) is 2.56. The van der Waals surface area contributed by atoms with E-state index in [2.05, 4.69) is 37.4 Å². The second kappa shape index (κ2) is 9.94. The van der Waals surface area contributed by atoms with Crippen molar-refractivity contribution >= 4 is 79.1 Å². The number of rotatable bonds is 1. The number of hydrogen-bond acceptors (Lipinski definition) is 3. The zero-order valence-electron chi connectivity index (χ0n) is 9.99. The Morgan fingerprint density at radius 2 is 2.06 bits per heavy atom. The predicted octanol–water partition coefficient (Wildman–Crippen LogP) is 3.48. The van der Waals surface area contributed by atoms with Gasteiger partial charge in [-0.2, -0.15) is 0 Å². The summed E-state index contributed by atoms with van der Waals surface area (Å²) in [5.74, 6) is 0. The molecule has 0 unspecified atom stereocenters. The molecule has 0 aromatic carbocycles. The minimum absolute atomic E-state index is 0. The van der Waals surface area contributed by atoms with E-state index in [0.717, 1.165) is 11.0 Å². The second-order valence-corrected chi connectivity index (χ2v) is 4.06. The fourth-order valence-electron chi connectivity index (χ4n) is 1.08. The first-order chi connectivity index (χ1) is 6.83.